The number of amides is 1. The van der Waals surface area contributed by atoms with Crippen molar-refractivity contribution < 1.29 is 19.4 Å². The van der Waals surface area contributed by atoms with Crippen LogP contribution >= 0.6 is 11.3 Å². The Morgan fingerprint density at radius 1 is 1.03 bits per heavy atom. The van der Waals surface area contributed by atoms with Gasteiger partial charge < -0.3 is 9.84 Å². The molecule has 1 N–H and O–H groups in total. The van der Waals surface area contributed by atoms with Crippen LogP contribution in [0, 0.1) is 6.92 Å². The molecule has 1 aliphatic rings. The summed E-state index contributed by atoms with van der Waals surface area (Å²) in [6.07, 6.45) is 0. The maximum absolute atomic E-state index is 13.3. The molecule has 164 valence electrons. The number of ether oxygens (including phenoxy) is 1. The summed E-state index contributed by atoms with van der Waals surface area (Å²) in [4.78, 5) is 32.6. The summed E-state index contributed by atoms with van der Waals surface area (Å²) in [5, 5.41) is 11.6. The van der Waals surface area contributed by atoms with Crippen LogP contribution in [0.3, 0.4) is 0 Å². The van der Waals surface area contributed by atoms with Crippen molar-refractivity contribution in [2.24, 2.45) is 0 Å². The molecule has 1 atom stereocenters. The molecular weight excluding hydrogens is 436 g/mol. The first-order valence-electron chi connectivity index (χ1n) is 10.4. The number of hydrogen-bond donors (Lipinski definition) is 1. The number of benzene rings is 3. The Morgan fingerprint density at radius 2 is 1.82 bits per heavy atom. The number of Topliss-reactive ketones (excluding diaryl/α,β-unsaturated/α-hetero) is 1. The predicted octanol–water partition coefficient (Wildman–Crippen LogP) is 5.24. The third-order valence-corrected chi connectivity index (χ3v) is 6.66. The minimum absolute atomic E-state index is 0.0230. The van der Waals surface area contributed by atoms with Gasteiger partial charge in [0.2, 0.25) is 0 Å². The maximum atomic E-state index is 13.3. The highest BCUT2D eigenvalue weighted by atomic mass is 32.1. The second-order valence-corrected chi connectivity index (χ2v) is 8.79. The first-order chi connectivity index (χ1) is 16.0. The van der Waals surface area contributed by atoms with Gasteiger partial charge in [0.15, 0.2) is 5.13 Å². The Bertz CT molecular complexity index is 1420. The SMILES string of the molecule is COc1cccc(/C(O)=C2\C(=O)C(=O)N(c3nc4ccc(C)cc4s3)[C@@H]2c2ccccc2)c1. The van der Waals surface area contributed by atoms with E-state index in [4.69, 9.17) is 4.74 Å². The number of aliphatic hydroxyl groups excluding tert-OH is 1. The summed E-state index contributed by atoms with van der Waals surface area (Å²) in [5.41, 5.74) is 2.96. The highest BCUT2D eigenvalue weighted by Crippen LogP contribution is 2.44. The number of hydrogen-bond acceptors (Lipinski definition) is 6. The highest BCUT2D eigenvalue weighted by Gasteiger charge is 2.48. The van der Waals surface area contributed by atoms with Gasteiger partial charge in [-0.15, -0.1) is 0 Å². The van der Waals surface area contributed by atoms with Gasteiger partial charge in [0.25, 0.3) is 5.78 Å². The number of thiazole rings is 1. The molecule has 5 rings (SSSR count). The van der Waals surface area contributed by atoms with Crippen LogP contribution in [0.1, 0.15) is 22.7 Å². The van der Waals surface area contributed by atoms with Crippen molar-refractivity contribution in [1.82, 2.24) is 4.98 Å². The molecule has 1 aromatic heterocycles. The van der Waals surface area contributed by atoms with Gasteiger partial charge in [-0.2, -0.15) is 0 Å². The minimum Gasteiger partial charge on any atom is -0.507 e. The van der Waals surface area contributed by atoms with Crippen molar-refractivity contribution >= 4 is 44.1 Å². The molecule has 1 saturated heterocycles. The molecule has 4 aromatic rings. The van der Waals surface area contributed by atoms with E-state index in [1.165, 1.54) is 23.3 Å². The Balaban J connectivity index is 1.72. The van der Waals surface area contributed by atoms with Crippen LogP contribution < -0.4 is 9.64 Å². The van der Waals surface area contributed by atoms with Crippen molar-refractivity contribution in [1.29, 1.82) is 0 Å². The Hall–Kier alpha value is -3.97. The van der Waals surface area contributed by atoms with E-state index in [2.05, 4.69) is 4.98 Å². The monoisotopic (exact) mass is 456 g/mol. The zero-order valence-corrected chi connectivity index (χ0v) is 18.8. The van der Waals surface area contributed by atoms with Crippen LogP contribution in [-0.2, 0) is 9.59 Å². The van der Waals surface area contributed by atoms with Crippen molar-refractivity contribution in [2.45, 2.75) is 13.0 Å². The molecule has 1 aliphatic heterocycles. The topological polar surface area (TPSA) is 79.7 Å². The van der Waals surface area contributed by atoms with Crippen LogP contribution in [0.25, 0.3) is 16.0 Å². The highest BCUT2D eigenvalue weighted by molar-refractivity contribution is 7.22. The Labute approximate surface area is 194 Å². The molecule has 0 radical (unpaired) electrons. The summed E-state index contributed by atoms with van der Waals surface area (Å²) >= 11 is 1.35. The van der Waals surface area contributed by atoms with Gasteiger partial charge >= 0.3 is 5.91 Å². The lowest BCUT2D eigenvalue weighted by Gasteiger charge is -2.22. The van der Waals surface area contributed by atoms with E-state index in [1.54, 1.807) is 24.3 Å². The van der Waals surface area contributed by atoms with E-state index < -0.39 is 17.7 Å². The number of nitrogens with zero attached hydrogens (tertiary/aromatic N) is 2. The van der Waals surface area contributed by atoms with Crippen LogP contribution in [0.5, 0.6) is 5.75 Å². The predicted molar refractivity (Wildman–Crippen MR) is 129 cm³/mol. The van der Waals surface area contributed by atoms with E-state index in [1.807, 2.05) is 55.5 Å². The molecule has 0 unspecified atom stereocenters. The van der Waals surface area contributed by atoms with Gasteiger partial charge in [0, 0.05) is 5.56 Å². The van der Waals surface area contributed by atoms with Gasteiger partial charge in [0.05, 0.1) is 28.9 Å². The second-order valence-electron chi connectivity index (χ2n) is 7.78. The smallest absolute Gasteiger partial charge is 0.301 e. The summed E-state index contributed by atoms with van der Waals surface area (Å²) in [6.45, 7) is 1.99. The van der Waals surface area contributed by atoms with Gasteiger partial charge in [-0.25, -0.2) is 4.98 Å². The van der Waals surface area contributed by atoms with Gasteiger partial charge in [-0.05, 0) is 42.3 Å². The lowest BCUT2D eigenvalue weighted by molar-refractivity contribution is -0.132. The van der Waals surface area contributed by atoms with Crippen molar-refractivity contribution in [3.63, 3.8) is 0 Å². The van der Waals surface area contributed by atoms with Crippen LogP contribution in [0.4, 0.5) is 5.13 Å². The number of carbonyl (C=O) groups excluding carboxylic acids is 2. The lowest BCUT2D eigenvalue weighted by atomic mass is 9.95. The molecule has 2 heterocycles. The number of fused-ring (bicyclic) bond motifs is 1. The van der Waals surface area contributed by atoms with Gasteiger partial charge in [0.1, 0.15) is 11.5 Å². The van der Waals surface area contributed by atoms with E-state index in [-0.39, 0.29) is 11.3 Å². The molecular formula is C26H20N2O4S. The normalized spacial score (nSPS) is 17.6. The summed E-state index contributed by atoms with van der Waals surface area (Å²) in [7, 11) is 1.52. The molecule has 33 heavy (non-hydrogen) atoms. The van der Waals surface area contributed by atoms with Crippen LogP contribution in [0.2, 0.25) is 0 Å². The second kappa shape index (κ2) is 8.18. The number of aryl methyl sites for hydroxylation is 1. The summed E-state index contributed by atoms with van der Waals surface area (Å²) in [5.74, 6) is -1.18. The van der Waals surface area contributed by atoms with E-state index in [0.29, 0.717) is 22.0 Å². The third kappa shape index (κ3) is 3.56. The van der Waals surface area contributed by atoms with Gasteiger partial charge in [-0.3, -0.25) is 14.5 Å². The fourth-order valence-electron chi connectivity index (χ4n) is 4.03. The van der Waals surface area contributed by atoms with E-state index in [9.17, 15) is 14.7 Å². The number of carbonyl (C=O) groups is 2. The molecule has 7 heteroatoms. The number of methoxy groups -OCH3 is 1. The van der Waals surface area contributed by atoms with Crippen molar-refractivity contribution in [3.8, 4) is 5.75 Å². The number of anilines is 1. The summed E-state index contributed by atoms with van der Waals surface area (Å²) in [6, 6.07) is 21.0. The van der Waals surface area contributed by atoms with E-state index in [0.717, 1.165) is 15.8 Å². The number of aromatic nitrogens is 1. The zero-order chi connectivity index (χ0) is 23.1. The molecule has 1 fully saturated rings. The number of aliphatic hydroxyl groups is 1. The van der Waals surface area contributed by atoms with Crippen LogP contribution in [-0.4, -0.2) is 28.9 Å². The fourth-order valence-corrected chi connectivity index (χ4v) is 5.12. The quantitative estimate of drug-likeness (QED) is 0.258. The number of ketones is 1. The van der Waals surface area contributed by atoms with E-state index >= 15 is 0 Å². The average Bonchev–Trinajstić information content (AvgIpc) is 3.37. The Kier molecular flexibility index (Phi) is 5.18. The first-order valence-corrected chi connectivity index (χ1v) is 11.2. The largest absolute Gasteiger partial charge is 0.507 e. The fraction of sp³-hybridized carbons (Fsp3) is 0.115. The number of rotatable bonds is 4. The molecule has 0 saturated carbocycles. The summed E-state index contributed by atoms with van der Waals surface area (Å²) < 4.78 is 6.18. The molecule has 3 aromatic carbocycles. The average molecular weight is 457 g/mol. The third-order valence-electron chi connectivity index (χ3n) is 5.64. The zero-order valence-electron chi connectivity index (χ0n) is 18.0. The Morgan fingerprint density at radius 3 is 2.58 bits per heavy atom. The van der Waals surface area contributed by atoms with Crippen LogP contribution in [0.15, 0.2) is 78.4 Å². The molecule has 0 bridgehead atoms. The first kappa shape index (κ1) is 20.9. The standard InChI is InChI=1S/C26H20N2O4S/c1-15-11-12-19-20(13-15)33-26(27-19)28-22(16-7-4-3-5-8-16)21(24(30)25(28)31)23(29)17-9-6-10-18(14-17)32-2/h3-14,22,29H,1-2H3/b23-21+/t22-/m1/s1. The molecule has 1 amide bonds. The minimum atomic E-state index is -0.806. The molecule has 0 spiro atoms. The lowest BCUT2D eigenvalue weighted by Crippen LogP contribution is -2.29. The van der Waals surface area contributed by atoms with Gasteiger partial charge in [-0.1, -0.05) is 59.9 Å². The van der Waals surface area contributed by atoms with Crippen molar-refractivity contribution in [2.75, 3.05) is 12.0 Å². The molecule has 6 nitrogen and oxygen atoms in total. The molecule has 0 aliphatic carbocycles. The maximum Gasteiger partial charge on any atom is 0.301 e. The van der Waals surface area contributed by atoms with Crippen molar-refractivity contribution in [3.05, 3.63) is 95.1 Å².